The molecule has 0 amide bonds. The fourth-order valence-electron chi connectivity index (χ4n) is 1.80. The second-order valence-electron chi connectivity index (χ2n) is 4.29. The number of carbonyl (C=O) groups excluding carboxylic acids is 1. The number of hydrogen-bond acceptors (Lipinski definition) is 3. The SMILES string of the molecule is COCCCn1c(C(C)C)ccc(C=O)c1=O. The highest BCUT2D eigenvalue weighted by Crippen LogP contribution is 2.13. The fraction of sp³-hybridized carbons (Fsp3) is 0.538. The second-order valence-corrected chi connectivity index (χ2v) is 4.29. The molecule has 4 heteroatoms. The molecule has 1 aromatic heterocycles. The van der Waals surface area contributed by atoms with E-state index >= 15 is 0 Å². The summed E-state index contributed by atoms with van der Waals surface area (Å²) in [6.07, 6.45) is 1.37. The van der Waals surface area contributed by atoms with Crippen LogP contribution in [0.5, 0.6) is 0 Å². The van der Waals surface area contributed by atoms with E-state index in [1.807, 2.05) is 19.9 Å². The summed E-state index contributed by atoms with van der Waals surface area (Å²) < 4.78 is 6.65. The average Bonchev–Trinajstić information content (AvgIpc) is 2.31. The zero-order valence-electron chi connectivity index (χ0n) is 10.6. The Kier molecular flexibility index (Phi) is 5.10. The first-order valence-electron chi connectivity index (χ1n) is 5.79. The smallest absolute Gasteiger partial charge is 0.261 e. The maximum atomic E-state index is 12.0. The summed E-state index contributed by atoms with van der Waals surface area (Å²) in [5, 5.41) is 0. The molecule has 1 aromatic rings. The molecule has 0 atom stereocenters. The number of aromatic nitrogens is 1. The van der Waals surface area contributed by atoms with Crippen molar-refractivity contribution in [2.45, 2.75) is 32.7 Å². The highest BCUT2D eigenvalue weighted by molar-refractivity contribution is 5.73. The van der Waals surface area contributed by atoms with E-state index in [2.05, 4.69) is 0 Å². The molecule has 0 aliphatic heterocycles. The molecule has 0 aliphatic rings. The minimum absolute atomic E-state index is 0.206. The maximum absolute atomic E-state index is 12.0. The molecular formula is C13H19NO3. The number of rotatable bonds is 6. The van der Waals surface area contributed by atoms with Gasteiger partial charge in [0.1, 0.15) is 0 Å². The number of hydrogen-bond donors (Lipinski definition) is 0. The molecule has 1 rings (SSSR count). The summed E-state index contributed by atoms with van der Waals surface area (Å²) >= 11 is 0. The summed E-state index contributed by atoms with van der Waals surface area (Å²) in [5.74, 6) is 0.256. The number of nitrogens with zero attached hydrogens (tertiary/aromatic N) is 1. The van der Waals surface area contributed by atoms with E-state index in [4.69, 9.17) is 4.74 Å². The van der Waals surface area contributed by atoms with Gasteiger partial charge in [-0.25, -0.2) is 0 Å². The van der Waals surface area contributed by atoms with E-state index < -0.39 is 0 Å². The standard InChI is InChI=1S/C13H19NO3/c1-10(2)12-6-5-11(9-15)13(16)14(12)7-4-8-17-3/h5-6,9-10H,4,7-8H2,1-3H3. The van der Waals surface area contributed by atoms with Crippen molar-refractivity contribution in [2.75, 3.05) is 13.7 Å². The topological polar surface area (TPSA) is 48.3 Å². The molecule has 94 valence electrons. The predicted molar refractivity (Wildman–Crippen MR) is 66.7 cm³/mol. The number of carbonyl (C=O) groups is 1. The molecule has 0 unspecified atom stereocenters. The minimum atomic E-state index is -0.206. The Labute approximate surface area is 101 Å². The Hall–Kier alpha value is -1.42. The van der Waals surface area contributed by atoms with Gasteiger partial charge in [0.05, 0.1) is 5.56 Å². The molecular weight excluding hydrogens is 218 g/mol. The largest absolute Gasteiger partial charge is 0.385 e. The lowest BCUT2D eigenvalue weighted by molar-refractivity contribution is 0.112. The van der Waals surface area contributed by atoms with Crippen molar-refractivity contribution in [3.8, 4) is 0 Å². The minimum Gasteiger partial charge on any atom is -0.385 e. The molecule has 0 saturated heterocycles. The van der Waals surface area contributed by atoms with Gasteiger partial charge in [-0.1, -0.05) is 13.8 Å². The van der Waals surface area contributed by atoms with Gasteiger partial charge in [-0.2, -0.15) is 0 Å². The summed E-state index contributed by atoms with van der Waals surface area (Å²) in [4.78, 5) is 22.8. The first-order valence-corrected chi connectivity index (χ1v) is 5.79. The van der Waals surface area contributed by atoms with Gasteiger partial charge in [-0.05, 0) is 24.5 Å². The summed E-state index contributed by atoms with van der Waals surface area (Å²) in [5.41, 5.74) is 0.964. The number of pyridine rings is 1. The Morgan fingerprint density at radius 1 is 1.41 bits per heavy atom. The summed E-state index contributed by atoms with van der Waals surface area (Å²) in [6, 6.07) is 3.44. The molecule has 0 N–H and O–H groups in total. The monoisotopic (exact) mass is 237 g/mol. The second kappa shape index (κ2) is 6.35. The van der Waals surface area contributed by atoms with Gasteiger partial charge in [-0.3, -0.25) is 9.59 Å². The Morgan fingerprint density at radius 3 is 2.65 bits per heavy atom. The highest BCUT2D eigenvalue weighted by atomic mass is 16.5. The van der Waals surface area contributed by atoms with E-state index in [1.54, 1.807) is 17.7 Å². The Balaban J connectivity index is 3.11. The molecule has 0 saturated carbocycles. The Bertz CT molecular complexity index is 435. The molecule has 0 radical (unpaired) electrons. The third-order valence-corrected chi connectivity index (χ3v) is 2.69. The third kappa shape index (κ3) is 3.27. The first kappa shape index (κ1) is 13.6. The maximum Gasteiger partial charge on any atom is 0.261 e. The number of aldehydes is 1. The van der Waals surface area contributed by atoms with Crippen LogP contribution in [0.15, 0.2) is 16.9 Å². The molecule has 0 aliphatic carbocycles. The lowest BCUT2D eigenvalue weighted by Crippen LogP contribution is -2.27. The third-order valence-electron chi connectivity index (χ3n) is 2.69. The van der Waals surface area contributed by atoms with E-state index in [9.17, 15) is 9.59 Å². The van der Waals surface area contributed by atoms with Crippen LogP contribution in [0.3, 0.4) is 0 Å². The first-order chi connectivity index (χ1) is 8.11. The van der Waals surface area contributed by atoms with Gasteiger partial charge in [0, 0.05) is 26.0 Å². The summed E-state index contributed by atoms with van der Waals surface area (Å²) in [7, 11) is 1.63. The molecule has 0 spiro atoms. The van der Waals surface area contributed by atoms with Gasteiger partial charge < -0.3 is 9.30 Å². The van der Waals surface area contributed by atoms with E-state index in [1.165, 1.54) is 0 Å². The zero-order valence-corrected chi connectivity index (χ0v) is 10.6. The van der Waals surface area contributed by atoms with Crippen LogP contribution < -0.4 is 5.56 Å². The van der Waals surface area contributed by atoms with Crippen molar-refractivity contribution in [2.24, 2.45) is 0 Å². The fourth-order valence-corrected chi connectivity index (χ4v) is 1.80. The average molecular weight is 237 g/mol. The number of ether oxygens (including phenoxy) is 1. The van der Waals surface area contributed by atoms with Crippen molar-refractivity contribution in [1.29, 1.82) is 0 Å². The van der Waals surface area contributed by atoms with Gasteiger partial charge >= 0.3 is 0 Å². The van der Waals surface area contributed by atoms with Crippen LogP contribution in [0.4, 0.5) is 0 Å². The molecule has 1 heterocycles. The Morgan fingerprint density at radius 2 is 2.12 bits per heavy atom. The van der Waals surface area contributed by atoms with Gasteiger partial charge in [-0.15, -0.1) is 0 Å². The summed E-state index contributed by atoms with van der Waals surface area (Å²) in [6.45, 7) is 5.25. The lowest BCUT2D eigenvalue weighted by Gasteiger charge is -2.15. The zero-order chi connectivity index (χ0) is 12.8. The van der Waals surface area contributed by atoms with Crippen molar-refractivity contribution < 1.29 is 9.53 Å². The van der Waals surface area contributed by atoms with E-state index in [-0.39, 0.29) is 17.0 Å². The molecule has 0 bridgehead atoms. The molecule has 4 nitrogen and oxygen atoms in total. The van der Waals surface area contributed by atoms with E-state index in [0.717, 1.165) is 12.1 Å². The van der Waals surface area contributed by atoms with Crippen LogP contribution in [-0.2, 0) is 11.3 Å². The molecule has 0 fully saturated rings. The van der Waals surface area contributed by atoms with E-state index in [0.29, 0.717) is 19.4 Å². The lowest BCUT2D eigenvalue weighted by atomic mass is 10.1. The van der Waals surface area contributed by atoms with Crippen LogP contribution in [0, 0.1) is 0 Å². The van der Waals surface area contributed by atoms with Crippen LogP contribution in [0.25, 0.3) is 0 Å². The molecule has 0 aromatic carbocycles. The van der Waals surface area contributed by atoms with Crippen molar-refractivity contribution in [1.82, 2.24) is 4.57 Å². The van der Waals surface area contributed by atoms with Gasteiger partial charge in [0.25, 0.3) is 5.56 Å². The van der Waals surface area contributed by atoms with Crippen LogP contribution in [0.2, 0.25) is 0 Å². The van der Waals surface area contributed by atoms with Crippen LogP contribution in [-0.4, -0.2) is 24.6 Å². The number of methoxy groups -OCH3 is 1. The van der Waals surface area contributed by atoms with Crippen molar-refractivity contribution in [3.05, 3.63) is 33.7 Å². The van der Waals surface area contributed by atoms with Crippen LogP contribution >= 0.6 is 0 Å². The van der Waals surface area contributed by atoms with Gasteiger partial charge in [0.15, 0.2) is 6.29 Å². The van der Waals surface area contributed by atoms with Crippen LogP contribution in [0.1, 0.15) is 42.2 Å². The van der Waals surface area contributed by atoms with Gasteiger partial charge in [0.2, 0.25) is 0 Å². The highest BCUT2D eigenvalue weighted by Gasteiger charge is 2.10. The molecule has 17 heavy (non-hydrogen) atoms. The normalized spacial score (nSPS) is 10.8. The predicted octanol–water partition coefficient (Wildman–Crippen LogP) is 1.82. The van der Waals surface area contributed by atoms with Crippen molar-refractivity contribution in [3.63, 3.8) is 0 Å². The van der Waals surface area contributed by atoms with Crippen molar-refractivity contribution >= 4 is 6.29 Å². The quantitative estimate of drug-likeness (QED) is 0.560.